The van der Waals surface area contributed by atoms with Crippen molar-refractivity contribution in [3.8, 4) is 5.75 Å². The maximum Gasteiger partial charge on any atom is 0.220 e. The largest absolute Gasteiger partial charge is 0.489 e. The average molecular weight is 375 g/mol. The lowest BCUT2D eigenvalue weighted by Gasteiger charge is -2.22. The van der Waals surface area contributed by atoms with Gasteiger partial charge in [-0.3, -0.25) is 4.79 Å². The number of benzene rings is 2. The molecule has 0 spiro atoms. The van der Waals surface area contributed by atoms with E-state index in [-0.39, 0.29) is 18.3 Å². The average Bonchev–Trinajstić information content (AvgIpc) is 2.67. The molecule has 1 aliphatic heterocycles. The summed E-state index contributed by atoms with van der Waals surface area (Å²) in [5.41, 5.74) is 2.14. The van der Waals surface area contributed by atoms with Crippen LogP contribution < -0.4 is 15.4 Å². The van der Waals surface area contributed by atoms with Crippen LogP contribution in [0.2, 0.25) is 0 Å². The summed E-state index contributed by atoms with van der Waals surface area (Å²) >= 11 is 0. The van der Waals surface area contributed by atoms with Crippen LogP contribution in [0.4, 0.5) is 0 Å². The van der Waals surface area contributed by atoms with Crippen LogP contribution in [-0.4, -0.2) is 19.0 Å². The van der Waals surface area contributed by atoms with Crippen LogP contribution in [0, 0.1) is 5.92 Å². The van der Waals surface area contributed by atoms with E-state index >= 15 is 0 Å². The van der Waals surface area contributed by atoms with E-state index in [1.54, 1.807) is 0 Å². The van der Waals surface area contributed by atoms with Crippen molar-refractivity contribution in [3.63, 3.8) is 0 Å². The van der Waals surface area contributed by atoms with Crippen molar-refractivity contribution in [1.29, 1.82) is 0 Å². The Morgan fingerprint density at radius 3 is 2.50 bits per heavy atom. The third-order valence-electron chi connectivity index (χ3n) is 4.62. The second-order valence-corrected chi connectivity index (χ2v) is 6.56. The fourth-order valence-corrected chi connectivity index (χ4v) is 3.14. The van der Waals surface area contributed by atoms with E-state index in [4.69, 9.17) is 4.74 Å². The van der Waals surface area contributed by atoms with Crippen LogP contribution in [0.15, 0.2) is 54.6 Å². The first-order valence-corrected chi connectivity index (χ1v) is 9.03. The molecule has 26 heavy (non-hydrogen) atoms. The number of halogens is 1. The van der Waals surface area contributed by atoms with Crippen LogP contribution in [0.5, 0.6) is 5.75 Å². The molecule has 2 aromatic rings. The first-order valence-electron chi connectivity index (χ1n) is 9.03. The Hall–Kier alpha value is -2.04. The molecule has 1 fully saturated rings. The van der Waals surface area contributed by atoms with Crippen LogP contribution in [0.3, 0.4) is 0 Å². The second kappa shape index (κ2) is 10.8. The summed E-state index contributed by atoms with van der Waals surface area (Å²) in [4.78, 5) is 12.2. The van der Waals surface area contributed by atoms with Crippen molar-refractivity contribution in [3.05, 3.63) is 65.7 Å². The lowest BCUT2D eigenvalue weighted by Crippen LogP contribution is -2.32. The van der Waals surface area contributed by atoms with Gasteiger partial charge in [-0.25, -0.2) is 0 Å². The lowest BCUT2D eigenvalue weighted by atomic mass is 9.94. The molecule has 0 bridgehead atoms. The molecular weight excluding hydrogens is 348 g/mol. The van der Waals surface area contributed by atoms with Crippen LogP contribution in [0.25, 0.3) is 0 Å². The van der Waals surface area contributed by atoms with Gasteiger partial charge in [0.1, 0.15) is 12.4 Å². The van der Waals surface area contributed by atoms with Gasteiger partial charge in [-0.2, -0.15) is 0 Å². The SMILES string of the molecule is Cl.O=C(CC1CCNCC1)NCc1ccccc1OCc1ccccc1. The van der Waals surface area contributed by atoms with Gasteiger partial charge in [-0.15, -0.1) is 12.4 Å². The monoisotopic (exact) mass is 374 g/mol. The molecular formula is C21H27ClN2O2. The maximum atomic E-state index is 12.2. The summed E-state index contributed by atoms with van der Waals surface area (Å²) < 4.78 is 5.95. The minimum atomic E-state index is 0. The number of nitrogens with one attached hydrogen (secondary N) is 2. The Morgan fingerprint density at radius 2 is 1.73 bits per heavy atom. The molecule has 5 heteroatoms. The molecule has 1 amide bonds. The number of hydrogen-bond donors (Lipinski definition) is 2. The normalized spacial score (nSPS) is 14.3. The molecule has 0 unspecified atom stereocenters. The maximum absolute atomic E-state index is 12.2. The molecule has 1 saturated heterocycles. The number of rotatable bonds is 7. The molecule has 3 rings (SSSR count). The summed E-state index contributed by atoms with van der Waals surface area (Å²) in [7, 11) is 0. The van der Waals surface area contributed by atoms with Gasteiger partial charge >= 0.3 is 0 Å². The number of amides is 1. The third-order valence-corrected chi connectivity index (χ3v) is 4.62. The van der Waals surface area contributed by atoms with Crippen LogP contribution in [-0.2, 0) is 17.9 Å². The highest BCUT2D eigenvalue weighted by Gasteiger charge is 2.16. The summed E-state index contributed by atoms with van der Waals surface area (Å²) in [6.45, 7) is 3.08. The molecule has 0 aliphatic carbocycles. The van der Waals surface area contributed by atoms with E-state index in [0.717, 1.165) is 42.8 Å². The summed E-state index contributed by atoms with van der Waals surface area (Å²) in [6.07, 6.45) is 2.79. The van der Waals surface area contributed by atoms with Gasteiger partial charge in [0.05, 0.1) is 0 Å². The zero-order chi connectivity index (χ0) is 17.3. The van der Waals surface area contributed by atoms with Crippen molar-refractivity contribution in [1.82, 2.24) is 10.6 Å². The van der Waals surface area contributed by atoms with Crippen molar-refractivity contribution in [2.45, 2.75) is 32.4 Å². The van der Waals surface area contributed by atoms with E-state index in [9.17, 15) is 4.79 Å². The number of piperidine rings is 1. The fraction of sp³-hybridized carbons (Fsp3) is 0.381. The van der Waals surface area contributed by atoms with Crippen molar-refractivity contribution < 1.29 is 9.53 Å². The lowest BCUT2D eigenvalue weighted by molar-refractivity contribution is -0.122. The van der Waals surface area contributed by atoms with Crippen LogP contribution in [0.1, 0.15) is 30.4 Å². The minimum Gasteiger partial charge on any atom is -0.489 e. The summed E-state index contributed by atoms with van der Waals surface area (Å²) in [5, 5.41) is 6.38. The van der Waals surface area contributed by atoms with Crippen molar-refractivity contribution in [2.75, 3.05) is 13.1 Å². The predicted octanol–water partition coefficient (Wildman–Crippen LogP) is 3.69. The topological polar surface area (TPSA) is 50.4 Å². The van der Waals surface area contributed by atoms with Gasteiger partial charge in [0.2, 0.25) is 5.91 Å². The molecule has 4 nitrogen and oxygen atoms in total. The van der Waals surface area contributed by atoms with Crippen molar-refractivity contribution >= 4 is 18.3 Å². The fourth-order valence-electron chi connectivity index (χ4n) is 3.14. The zero-order valence-corrected chi connectivity index (χ0v) is 15.8. The number of carbonyl (C=O) groups excluding carboxylic acids is 1. The van der Waals surface area contributed by atoms with Gasteiger partial charge in [-0.05, 0) is 43.5 Å². The Labute approximate surface area is 161 Å². The minimum absolute atomic E-state index is 0. The van der Waals surface area contributed by atoms with E-state index < -0.39 is 0 Å². The molecule has 0 aromatic heterocycles. The molecule has 2 N–H and O–H groups in total. The Bertz CT molecular complexity index is 673. The Kier molecular flexibility index (Phi) is 8.45. The van der Waals surface area contributed by atoms with Gasteiger partial charge in [0.25, 0.3) is 0 Å². The molecule has 1 aliphatic rings. The number of carbonyl (C=O) groups is 1. The molecule has 140 valence electrons. The zero-order valence-electron chi connectivity index (χ0n) is 14.9. The standard InChI is InChI=1S/C21H26N2O2.ClH/c24-21(14-17-10-12-22-13-11-17)23-15-19-8-4-5-9-20(19)25-16-18-6-2-1-3-7-18;/h1-9,17,22H,10-16H2,(H,23,24);1H. The van der Waals surface area contributed by atoms with E-state index in [0.29, 0.717) is 25.5 Å². The van der Waals surface area contributed by atoms with Gasteiger partial charge in [0.15, 0.2) is 0 Å². The first-order chi connectivity index (χ1) is 12.3. The van der Waals surface area contributed by atoms with E-state index in [1.165, 1.54) is 0 Å². The molecule has 0 saturated carbocycles. The van der Waals surface area contributed by atoms with Crippen molar-refractivity contribution in [2.24, 2.45) is 5.92 Å². The van der Waals surface area contributed by atoms with Gasteiger partial charge < -0.3 is 15.4 Å². The quantitative estimate of drug-likeness (QED) is 0.777. The molecule has 0 atom stereocenters. The predicted molar refractivity (Wildman–Crippen MR) is 107 cm³/mol. The number of para-hydroxylation sites is 1. The number of hydrogen-bond acceptors (Lipinski definition) is 3. The second-order valence-electron chi connectivity index (χ2n) is 6.56. The molecule has 2 aromatic carbocycles. The van der Waals surface area contributed by atoms with E-state index in [1.807, 2.05) is 54.6 Å². The molecule has 1 heterocycles. The van der Waals surface area contributed by atoms with Crippen LogP contribution >= 0.6 is 12.4 Å². The van der Waals surface area contributed by atoms with E-state index in [2.05, 4.69) is 10.6 Å². The highest BCUT2D eigenvalue weighted by molar-refractivity contribution is 5.85. The first kappa shape index (κ1) is 20.3. The highest BCUT2D eigenvalue weighted by atomic mass is 35.5. The smallest absolute Gasteiger partial charge is 0.220 e. The molecule has 0 radical (unpaired) electrons. The summed E-state index contributed by atoms with van der Waals surface area (Å²) in [6, 6.07) is 18.0. The third kappa shape index (κ3) is 6.36. The highest BCUT2D eigenvalue weighted by Crippen LogP contribution is 2.20. The van der Waals surface area contributed by atoms with Gasteiger partial charge in [0, 0.05) is 18.5 Å². The van der Waals surface area contributed by atoms with Gasteiger partial charge in [-0.1, -0.05) is 48.5 Å². The Morgan fingerprint density at radius 1 is 1.04 bits per heavy atom. The Balaban J connectivity index is 0.00000243. The number of ether oxygens (including phenoxy) is 1. The summed E-state index contributed by atoms with van der Waals surface area (Å²) in [5.74, 6) is 1.46.